The standard InChI is InChI=1S/C28H39N3O4/c1-30(23-12-8-13-23)28(34)24-14-7-10-21-9-3-2-6-17-31(19-22-11-4-5-16-29-22)18-15-25(32)26(33)20-35-27(21)24/h4-5,7,10-11,14,16,23,25-26,32-33H,2-3,6,8-9,12-13,15,17-20H2,1H3/t25-,26+/m0/s1. The van der Waals surface area contributed by atoms with Crippen LogP contribution >= 0.6 is 0 Å². The third kappa shape index (κ3) is 6.81. The van der Waals surface area contributed by atoms with E-state index in [4.69, 9.17) is 4.74 Å². The third-order valence-electron chi connectivity index (χ3n) is 7.39. The van der Waals surface area contributed by atoms with Crippen LogP contribution in [0.2, 0.25) is 0 Å². The summed E-state index contributed by atoms with van der Waals surface area (Å²) >= 11 is 0. The van der Waals surface area contributed by atoms with Crippen molar-refractivity contribution in [3.63, 3.8) is 0 Å². The molecule has 7 nitrogen and oxygen atoms in total. The normalized spacial score (nSPS) is 22.8. The lowest BCUT2D eigenvalue weighted by molar-refractivity contribution is -0.0165. The number of aromatic nitrogens is 1. The van der Waals surface area contributed by atoms with Gasteiger partial charge in [0.05, 0.1) is 17.4 Å². The highest BCUT2D eigenvalue weighted by Gasteiger charge is 2.29. The number of benzene rings is 1. The van der Waals surface area contributed by atoms with Crippen molar-refractivity contribution in [1.82, 2.24) is 14.8 Å². The highest BCUT2D eigenvalue weighted by molar-refractivity contribution is 5.97. The first-order valence-corrected chi connectivity index (χ1v) is 13.0. The molecule has 0 unspecified atom stereocenters. The van der Waals surface area contributed by atoms with Crippen molar-refractivity contribution in [1.29, 1.82) is 0 Å². The first-order valence-electron chi connectivity index (χ1n) is 13.0. The lowest BCUT2D eigenvalue weighted by Gasteiger charge is -2.35. The van der Waals surface area contributed by atoms with Crippen molar-refractivity contribution < 1.29 is 19.7 Å². The molecule has 4 rings (SSSR count). The number of para-hydroxylation sites is 1. The second-order valence-corrected chi connectivity index (χ2v) is 9.94. The summed E-state index contributed by atoms with van der Waals surface area (Å²) in [6.45, 7) is 2.25. The van der Waals surface area contributed by atoms with E-state index in [1.54, 1.807) is 6.20 Å². The number of pyridine rings is 1. The number of amides is 1. The zero-order valence-corrected chi connectivity index (χ0v) is 20.8. The van der Waals surface area contributed by atoms with Gasteiger partial charge in [-0.15, -0.1) is 0 Å². The molecule has 190 valence electrons. The highest BCUT2D eigenvalue weighted by atomic mass is 16.5. The van der Waals surface area contributed by atoms with E-state index in [1.807, 2.05) is 48.3 Å². The summed E-state index contributed by atoms with van der Waals surface area (Å²) in [7, 11) is 1.87. The molecule has 2 aromatic rings. The van der Waals surface area contributed by atoms with Crippen molar-refractivity contribution in [2.75, 3.05) is 26.7 Å². The van der Waals surface area contributed by atoms with Gasteiger partial charge in [0.25, 0.3) is 5.91 Å². The summed E-state index contributed by atoms with van der Waals surface area (Å²) in [4.78, 5) is 21.8. The van der Waals surface area contributed by atoms with E-state index in [-0.39, 0.29) is 12.5 Å². The molecule has 7 heteroatoms. The van der Waals surface area contributed by atoms with Gasteiger partial charge in [-0.2, -0.15) is 0 Å². The fraction of sp³-hybridized carbons (Fsp3) is 0.571. The van der Waals surface area contributed by atoms with Crippen LogP contribution in [0.5, 0.6) is 5.75 Å². The van der Waals surface area contributed by atoms with Crippen LogP contribution in [0.4, 0.5) is 0 Å². The number of aliphatic hydroxyl groups excluding tert-OH is 2. The Labute approximate surface area is 208 Å². The van der Waals surface area contributed by atoms with Gasteiger partial charge >= 0.3 is 0 Å². The Morgan fingerprint density at radius 2 is 1.89 bits per heavy atom. The predicted molar refractivity (Wildman–Crippen MR) is 135 cm³/mol. The molecule has 1 saturated carbocycles. The van der Waals surface area contributed by atoms with Crippen LogP contribution in [0.1, 0.15) is 66.6 Å². The minimum Gasteiger partial charge on any atom is -0.490 e. The SMILES string of the molecule is CN(C(=O)c1cccc2c1OC[C@@H](O)[C@@H](O)CCN(Cc1ccccn1)CCCCC2)C1CCC1. The minimum absolute atomic E-state index is 0.0344. The second kappa shape index (κ2) is 12.5. The van der Waals surface area contributed by atoms with E-state index >= 15 is 0 Å². The number of carbonyl (C=O) groups is 1. The third-order valence-corrected chi connectivity index (χ3v) is 7.39. The van der Waals surface area contributed by atoms with Crippen molar-refractivity contribution >= 4 is 5.91 Å². The molecule has 0 spiro atoms. The van der Waals surface area contributed by atoms with Crippen LogP contribution in [0.3, 0.4) is 0 Å². The molecule has 0 saturated heterocycles. The Morgan fingerprint density at radius 1 is 1.03 bits per heavy atom. The van der Waals surface area contributed by atoms with Crippen LogP contribution in [-0.4, -0.2) is 75.9 Å². The van der Waals surface area contributed by atoms with Crippen molar-refractivity contribution in [2.45, 2.75) is 76.2 Å². The van der Waals surface area contributed by atoms with E-state index in [9.17, 15) is 15.0 Å². The lowest BCUT2D eigenvalue weighted by Crippen LogP contribution is -2.41. The predicted octanol–water partition coefficient (Wildman–Crippen LogP) is 3.43. The molecule has 1 aliphatic carbocycles. The molecule has 1 aromatic heterocycles. The van der Waals surface area contributed by atoms with E-state index in [2.05, 4.69) is 9.88 Å². The number of hydrogen-bond donors (Lipinski definition) is 2. The molecule has 2 atom stereocenters. The first-order chi connectivity index (χ1) is 17.0. The Kier molecular flexibility index (Phi) is 9.12. The van der Waals surface area contributed by atoms with E-state index < -0.39 is 12.2 Å². The van der Waals surface area contributed by atoms with Gasteiger partial charge in [0.1, 0.15) is 18.5 Å². The molecule has 1 amide bonds. The number of ether oxygens (including phenoxy) is 1. The number of aryl methyl sites for hydroxylation is 1. The Hall–Kier alpha value is -2.48. The summed E-state index contributed by atoms with van der Waals surface area (Å²) in [5, 5.41) is 21.3. The fourth-order valence-electron chi connectivity index (χ4n) is 4.86. The lowest BCUT2D eigenvalue weighted by atomic mass is 9.91. The van der Waals surface area contributed by atoms with Gasteiger partial charge in [-0.3, -0.25) is 14.7 Å². The summed E-state index contributed by atoms with van der Waals surface area (Å²) in [6.07, 6.45) is 7.44. The topological polar surface area (TPSA) is 86.1 Å². The molecule has 1 aliphatic heterocycles. The number of fused-ring (bicyclic) bond motifs is 1. The van der Waals surface area contributed by atoms with Crippen LogP contribution in [-0.2, 0) is 13.0 Å². The second-order valence-electron chi connectivity index (χ2n) is 9.94. The maximum atomic E-state index is 13.3. The quantitative estimate of drug-likeness (QED) is 0.696. The fourth-order valence-corrected chi connectivity index (χ4v) is 4.86. The van der Waals surface area contributed by atoms with Gasteiger partial charge in [-0.25, -0.2) is 0 Å². The van der Waals surface area contributed by atoms with Gasteiger partial charge in [-0.05, 0) is 75.3 Å². The summed E-state index contributed by atoms with van der Waals surface area (Å²) < 4.78 is 6.09. The van der Waals surface area contributed by atoms with Crippen molar-refractivity contribution in [3.8, 4) is 5.75 Å². The van der Waals surface area contributed by atoms with E-state index in [0.717, 1.165) is 69.3 Å². The molecule has 2 N–H and O–H groups in total. The maximum absolute atomic E-state index is 13.3. The summed E-state index contributed by atoms with van der Waals surface area (Å²) in [6, 6.07) is 12.0. The molecule has 1 fully saturated rings. The number of aliphatic hydroxyl groups is 2. The molecular formula is C28H39N3O4. The van der Waals surface area contributed by atoms with Crippen molar-refractivity contribution in [2.24, 2.45) is 0 Å². The molecule has 0 bridgehead atoms. The largest absolute Gasteiger partial charge is 0.490 e. The van der Waals surface area contributed by atoms with E-state index in [1.165, 1.54) is 0 Å². The van der Waals surface area contributed by atoms with Gasteiger partial charge in [-0.1, -0.05) is 24.6 Å². The van der Waals surface area contributed by atoms with Gasteiger partial charge in [0, 0.05) is 32.4 Å². The minimum atomic E-state index is -1.03. The monoisotopic (exact) mass is 481 g/mol. The number of hydrogen-bond acceptors (Lipinski definition) is 6. The highest BCUT2D eigenvalue weighted by Crippen LogP contribution is 2.31. The molecule has 2 heterocycles. The Balaban J connectivity index is 1.48. The summed E-state index contributed by atoms with van der Waals surface area (Å²) in [5.74, 6) is 0.525. The van der Waals surface area contributed by atoms with Crippen LogP contribution in [0.15, 0.2) is 42.6 Å². The smallest absolute Gasteiger partial charge is 0.257 e. The Morgan fingerprint density at radius 3 is 2.63 bits per heavy atom. The average Bonchev–Trinajstić information content (AvgIpc) is 2.84. The van der Waals surface area contributed by atoms with Crippen LogP contribution in [0.25, 0.3) is 0 Å². The first kappa shape index (κ1) is 25.6. The number of carbonyl (C=O) groups excluding carboxylic acids is 1. The molecular weight excluding hydrogens is 442 g/mol. The average molecular weight is 482 g/mol. The Bertz CT molecular complexity index is 950. The van der Waals surface area contributed by atoms with Gasteiger partial charge in [0.15, 0.2) is 0 Å². The maximum Gasteiger partial charge on any atom is 0.257 e. The van der Waals surface area contributed by atoms with Crippen LogP contribution < -0.4 is 4.74 Å². The summed E-state index contributed by atoms with van der Waals surface area (Å²) in [5.41, 5.74) is 2.54. The van der Waals surface area contributed by atoms with Crippen LogP contribution in [0, 0.1) is 0 Å². The number of rotatable bonds is 4. The molecule has 2 aliphatic rings. The van der Waals surface area contributed by atoms with Gasteiger partial charge < -0.3 is 19.8 Å². The molecule has 1 aromatic carbocycles. The zero-order chi connectivity index (χ0) is 24.6. The number of nitrogens with zero attached hydrogens (tertiary/aromatic N) is 3. The van der Waals surface area contributed by atoms with Crippen molar-refractivity contribution in [3.05, 3.63) is 59.4 Å². The van der Waals surface area contributed by atoms with Gasteiger partial charge in [0.2, 0.25) is 0 Å². The molecule has 35 heavy (non-hydrogen) atoms. The molecule has 0 radical (unpaired) electrons. The van der Waals surface area contributed by atoms with E-state index in [0.29, 0.717) is 30.3 Å². The zero-order valence-electron chi connectivity index (χ0n) is 20.8.